The summed E-state index contributed by atoms with van der Waals surface area (Å²) in [6, 6.07) is 9.65. The van der Waals surface area contributed by atoms with Crippen molar-refractivity contribution in [3.63, 3.8) is 0 Å². The number of methoxy groups -OCH3 is 2. The second kappa shape index (κ2) is 17.1. The maximum atomic E-state index is 12.5. The highest BCUT2D eigenvalue weighted by molar-refractivity contribution is 7.92. The average Bonchev–Trinajstić information content (AvgIpc) is 3.10. The number of nitrogens with one attached hydrogen (secondary N) is 2. The van der Waals surface area contributed by atoms with Gasteiger partial charge in [0.15, 0.2) is 5.82 Å². The Morgan fingerprint density at radius 2 is 1.69 bits per heavy atom. The fourth-order valence-corrected chi connectivity index (χ4v) is 6.63. The molecule has 0 saturated carbocycles. The smallest absolute Gasteiger partial charge is 0.410 e. The van der Waals surface area contributed by atoms with Crippen LogP contribution in [-0.4, -0.2) is 114 Å². The third-order valence-electron chi connectivity index (χ3n) is 8.98. The van der Waals surface area contributed by atoms with Gasteiger partial charge in [-0.2, -0.15) is 4.98 Å². The lowest BCUT2D eigenvalue weighted by Gasteiger charge is -2.39. The number of nitrogens with zero attached hydrogens (tertiary/aromatic N) is 6. The molecule has 1 fully saturated rings. The summed E-state index contributed by atoms with van der Waals surface area (Å²) in [6.45, 7) is 10.9. The largest absolute Gasteiger partial charge is 0.494 e. The van der Waals surface area contributed by atoms with Crippen LogP contribution in [-0.2, 0) is 21.2 Å². The highest BCUT2D eigenvalue weighted by atomic mass is 35.5. The molecule has 0 atom stereocenters. The van der Waals surface area contributed by atoms with Gasteiger partial charge in [0.05, 0.1) is 38.0 Å². The topological polar surface area (TPSA) is 142 Å². The van der Waals surface area contributed by atoms with Crippen molar-refractivity contribution < 1.29 is 27.4 Å². The van der Waals surface area contributed by atoms with Crippen LogP contribution in [0, 0.1) is 0 Å². The Balaban J connectivity index is 1.48. The molecule has 52 heavy (non-hydrogen) atoms. The van der Waals surface area contributed by atoms with Gasteiger partial charge in [-0.25, -0.2) is 18.2 Å². The van der Waals surface area contributed by atoms with Crippen LogP contribution >= 0.6 is 11.6 Å². The van der Waals surface area contributed by atoms with E-state index in [0.29, 0.717) is 41.1 Å². The first-order valence-corrected chi connectivity index (χ1v) is 19.5. The standard InChI is InChI=1S/C36H53ClN8O6S/c1-11-24-21-28(40-34-38-23-26(37)33(41-34)39-27-13-12-14-30(49-8)32(27)44(7)52(10,47)48)31(50-9)22-29(24)45-17-15-25(16-18-45)42(5)19-20-43(6)35(46)51-36(2,3)4/h12-14,21-23,25H,11,15-20H2,1-10H3,(H2,38,39,40,41). The zero-order chi connectivity index (χ0) is 38.4. The molecule has 2 aromatic carbocycles. The van der Waals surface area contributed by atoms with Crippen LogP contribution in [0.1, 0.15) is 46.1 Å². The van der Waals surface area contributed by atoms with Crippen LogP contribution in [0.15, 0.2) is 36.5 Å². The summed E-state index contributed by atoms with van der Waals surface area (Å²) >= 11 is 6.52. The lowest BCUT2D eigenvalue weighted by Crippen LogP contribution is -2.46. The lowest BCUT2D eigenvalue weighted by molar-refractivity contribution is 0.0278. The van der Waals surface area contributed by atoms with E-state index in [1.54, 1.807) is 37.3 Å². The molecule has 1 amide bonds. The maximum Gasteiger partial charge on any atom is 0.410 e. The first kappa shape index (κ1) is 40.6. The van der Waals surface area contributed by atoms with Crippen LogP contribution in [0.4, 0.5) is 39.3 Å². The molecule has 0 unspecified atom stereocenters. The summed E-state index contributed by atoms with van der Waals surface area (Å²) in [6.07, 6.45) is 5.05. The van der Waals surface area contributed by atoms with Crippen molar-refractivity contribution in [2.75, 3.05) is 87.6 Å². The van der Waals surface area contributed by atoms with Gasteiger partial charge in [0.2, 0.25) is 16.0 Å². The number of benzene rings is 2. The molecule has 0 radical (unpaired) electrons. The highest BCUT2D eigenvalue weighted by Crippen LogP contribution is 2.40. The lowest BCUT2D eigenvalue weighted by atomic mass is 10.0. The summed E-state index contributed by atoms with van der Waals surface area (Å²) in [5.41, 5.74) is 3.18. The van der Waals surface area contributed by atoms with E-state index in [9.17, 15) is 13.2 Å². The fraction of sp³-hybridized carbons (Fsp3) is 0.528. The third kappa shape index (κ3) is 10.2. The fourth-order valence-electron chi connectivity index (χ4n) is 5.97. The van der Waals surface area contributed by atoms with Crippen LogP contribution in [0.2, 0.25) is 5.02 Å². The third-order valence-corrected chi connectivity index (χ3v) is 10.4. The van der Waals surface area contributed by atoms with E-state index in [0.717, 1.165) is 60.7 Å². The quantitative estimate of drug-likeness (QED) is 0.189. The average molecular weight is 761 g/mol. The molecule has 14 nitrogen and oxygen atoms in total. The molecule has 1 aliphatic heterocycles. The Bertz CT molecular complexity index is 1810. The summed E-state index contributed by atoms with van der Waals surface area (Å²) in [5, 5.41) is 6.69. The van der Waals surface area contributed by atoms with E-state index in [2.05, 4.69) is 56.5 Å². The van der Waals surface area contributed by atoms with Gasteiger partial charge >= 0.3 is 6.09 Å². The Hall–Kier alpha value is -4.21. The number of aromatic nitrogens is 2. The van der Waals surface area contributed by atoms with Gasteiger partial charge in [0.25, 0.3) is 0 Å². The number of piperidine rings is 1. The molecule has 1 aliphatic rings. The van der Waals surface area contributed by atoms with Crippen molar-refractivity contribution >= 4 is 62.2 Å². The predicted octanol–water partition coefficient (Wildman–Crippen LogP) is 6.36. The molecule has 1 saturated heterocycles. The number of hydrogen-bond acceptors (Lipinski definition) is 12. The van der Waals surface area contributed by atoms with Gasteiger partial charge in [0.1, 0.15) is 27.8 Å². The number of hydrogen-bond donors (Lipinski definition) is 2. The van der Waals surface area contributed by atoms with Crippen molar-refractivity contribution in [1.29, 1.82) is 0 Å². The minimum absolute atomic E-state index is 0.238. The van der Waals surface area contributed by atoms with Gasteiger partial charge in [-0.3, -0.25) is 4.31 Å². The second-order valence-corrected chi connectivity index (χ2v) is 16.3. The minimum atomic E-state index is -3.61. The number of anilines is 6. The molecular weight excluding hydrogens is 708 g/mol. The maximum absolute atomic E-state index is 12.5. The molecule has 4 rings (SSSR count). The first-order valence-electron chi connectivity index (χ1n) is 17.2. The Morgan fingerprint density at radius 3 is 2.29 bits per heavy atom. The van der Waals surface area contributed by atoms with Crippen LogP contribution in [0.3, 0.4) is 0 Å². The van der Waals surface area contributed by atoms with Crippen molar-refractivity contribution in [3.05, 3.63) is 47.1 Å². The monoisotopic (exact) mass is 760 g/mol. The van der Waals surface area contributed by atoms with Crippen LogP contribution in [0.25, 0.3) is 0 Å². The number of para-hydroxylation sites is 1. The number of sulfonamides is 1. The van der Waals surface area contributed by atoms with Crippen molar-refractivity contribution in [2.45, 2.75) is 58.6 Å². The molecule has 16 heteroatoms. The SMILES string of the molecule is CCc1cc(Nc2ncc(Cl)c(Nc3cccc(OC)c3N(C)S(C)(=O)=O)n2)c(OC)cc1N1CCC(N(C)CCN(C)C(=O)OC(C)(C)C)CC1. The second-order valence-electron chi connectivity index (χ2n) is 13.9. The van der Waals surface area contributed by atoms with Crippen molar-refractivity contribution in [3.8, 4) is 11.5 Å². The highest BCUT2D eigenvalue weighted by Gasteiger charge is 2.27. The van der Waals surface area contributed by atoms with E-state index >= 15 is 0 Å². The zero-order valence-corrected chi connectivity index (χ0v) is 33.5. The van der Waals surface area contributed by atoms with Gasteiger partial charge < -0.3 is 39.5 Å². The molecule has 1 aromatic heterocycles. The van der Waals surface area contributed by atoms with Gasteiger partial charge in [-0.1, -0.05) is 24.6 Å². The normalized spacial score (nSPS) is 13.9. The van der Waals surface area contributed by atoms with Gasteiger partial charge in [0, 0.05) is 58.1 Å². The number of ether oxygens (including phenoxy) is 3. The number of rotatable bonds is 14. The minimum Gasteiger partial charge on any atom is -0.494 e. The molecule has 2 N–H and O–H groups in total. The van der Waals surface area contributed by atoms with Crippen molar-refractivity contribution in [2.24, 2.45) is 0 Å². The first-order chi connectivity index (χ1) is 24.4. The van der Waals surface area contributed by atoms with Gasteiger partial charge in [-0.05, 0) is 70.8 Å². The summed E-state index contributed by atoms with van der Waals surface area (Å²) in [7, 11) is 4.84. The number of carbonyl (C=O) groups excluding carboxylic acids is 1. The Morgan fingerprint density at radius 1 is 1.02 bits per heavy atom. The molecule has 0 aliphatic carbocycles. The van der Waals surface area contributed by atoms with E-state index in [1.165, 1.54) is 20.4 Å². The number of aryl methyl sites for hydroxylation is 1. The number of carbonyl (C=O) groups is 1. The predicted molar refractivity (Wildman–Crippen MR) is 209 cm³/mol. The van der Waals surface area contributed by atoms with E-state index in [-0.39, 0.29) is 22.9 Å². The Labute approximate surface area is 313 Å². The summed E-state index contributed by atoms with van der Waals surface area (Å²) in [4.78, 5) is 27.8. The molecule has 286 valence electrons. The number of halogens is 1. The summed E-state index contributed by atoms with van der Waals surface area (Å²) < 4.78 is 42.8. The Kier molecular flexibility index (Phi) is 13.3. The number of amides is 1. The molecule has 3 aromatic rings. The summed E-state index contributed by atoms with van der Waals surface area (Å²) in [5.74, 6) is 1.53. The molecule has 2 heterocycles. The molecule has 0 bridgehead atoms. The van der Waals surface area contributed by atoms with E-state index < -0.39 is 15.6 Å². The van der Waals surface area contributed by atoms with Crippen LogP contribution in [0.5, 0.6) is 11.5 Å². The van der Waals surface area contributed by atoms with Crippen LogP contribution < -0.4 is 29.3 Å². The molecule has 0 spiro atoms. The van der Waals surface area contributed by atoms with E-state index in [4.69, 9.17) is 25.8 Å². The zero-order valence-electron chi connectivity index (χ0n) is 31.9. The van der Waals surface area contributed by atoms with E-state index in [1.807, 2.05) is 20.8 Å². The van der Waals surface area contributed by atoms with Crippen molar-refractivity contribution in [1.82, 2.24) is 19.8 Å². The number of likely N-dealkylation sites (N-methyl/N-ethyl adjacent to an activating group) is 2. The molecular formula is C36H53ClN8O6S. The van der Waals surface area contributed by atoms with Gasteiger partial charge in [-0.15, -0.1) is 0 Å².